The number of hydrogen-bond donors (Lipinski definition) is 1. The van der Waals surface area contributed by atoms with Crippen molar-refractivity contribution in [1.29, 1.82) is 0 Å². The Bertz CT molecular complexity index is 973. The third kappa shape index (κ3) is 3.88. The molecule has 0 fully saturated rings. The minimum Gasteiger partial charge on any atom is -1.00 e. The first-order valence-corrected chi connectivity index (χ1v) is 10.4. The third-order valence-corrected chi connectivity index (χ3v) is 7.67. The lowest BCUT2D eigenvalue weighted by Gasteiger charge is -2.30. The second-order valence-corrected chi connectivity index (χ2v) is 9.20. The maximum absolute atomic E-state index is 14.2. The van der Waals surface area contributed by atoms with Crippen molar-refractivity contribution < 1.29 is 25.6 Å². The van der Waals surface area contributed by atoms with Crippen LogP contribution in [0.3, 0.4) is 0 Å². The fraction of sp³-hybridized carbons (Fsp3) is 0.316. The first-order valence-electron chi connectivity index (χ1n) is 8.48. The van der Waals surface area contributed by atoms with Crippen LogP contribution in [0.15, 0.2) is 34.7 Å². The molecule has 2 aromatic carbocycles. The Kier molecular flexibility index (Phi) is 6.46. The standard InChI is InChI=1S/C19H14Cl3F3N2S.ClH/c20-13-6-11(7-14(21)17(13)22)18(19(23,24)25)8-16(27-28-18)10-1-3-12-9(5-10)2-4-15(12)26;/h1,3,5-7,15H,2,4,8,26H2;1H/p-1. The summed E-state index contributed by atoms with van der Waals surface area (Å²) in [6.07, 6.45) is -3.23. The Morgan fingerprint density at radius 3 is 2.38 bits per heavy atom. The van der Waals surface area contributed by atoms with Crippen LogP contribution in [0, 0.1) is 0 Å². The Labute approximate surface area is 191 Å². The van der Waals surface area contributed by atoms with E-state index in [-0.39, 0.29) is 45.5 Å². The number of rotatable bonds is 2. The van der Waals surface area contributed by atoms with Gasteiger partial charge in [0.1, 0.15) is 0 Å². The van der Waals surface area contributed by atoms with Crippen molar-refractivity contribution in [1.82, 2.24) is 0 Å². The van der Waals surface area contributed by atoms with Gasteiger partial charge in [0, 0.05) is 12.5 Å². The van der Waals surface area contributed by atoms with Gasteiger partial charge in [-0.3, -0.25) is 0 Å². The normalized spacial score (nSPS) is 23.6. The molecule has 4 rings (SSSR count). The zero-order valence-corrected chi connectivity index (χ0v) is 18.5. The van der Waals surface area contributed by atoms with Gasteiger partial charge in [0.05, 0.1) is 20.8 Å². The molecule has 1 aliphatic carbocycles. The van der Waals surface area contributed by atoms with Crippen LogP contribution in [0.2, 0.25) is 15.1 Å². The summed E-state index contributed by atoms with van der Waals surface area (Å²) in [4.78, 5) is 0. The lowest BCUT2D eigenvalue weighted by atomic mass is 9.89. The van der Waals surface area contributed by atoms with Gasteiger partial charge in [0.15, 0.2) is 4.75 Å². The van der Waals surface area contributed by atoms with Gasteiger partial charge >= 0.3 is 6.18 Å². The van der Waals surface area contributed by atoms with Crippen LogP contribution in [0.1, 0.15) is 41.1 Å². The Hall–Kier alpha value is -0.630. The number of aryl methyl sites for hydroxylation is 1. The summed E-state index contributed by atoms with van der Waals surface area (Å²) < 4.78 is 44.5. The Balaban J connectivity index is 0.00000240. The first kappa shape index (κ1) is 23.0. The van der Waals surface area contributed by atoms with Crippen LogP contribution in [-0.4, -0.2) is 11.9 Å². The quantitative estimate of drug-likeness (QED) is 0.501. The van der Waals surface area contributed by atoms with E-state index in [4.69, 9.17) is 40.5 Å². The van der Waals surface area contributed by atoms with Crippen molar-refractivity contribution in [2.45, 2.75) is 36.2 Å². The molecule has 0 spiro atoms. The van der Waals surface area contributed by atoms with E-state index in [1.807, 2.05) is 12.1 Å². The van der Waals surface area contributed by atoms with Gasteiger partial charge < -0.3 is 18.1 Å². The summed E-state index contributed by atoms with van der Waals surface area (Å²) in [6.45, 7) is 0. The molecule has 2 unspecified atom stereocenters. The van der Waals surface area contributed by atoms with E-state index in [2.05, 4.69) is 4.40 Å². The predicted octanol–water partition coefficient (Wildman–Crippen LogP) is 3.90. The summed E-state index contributed by atoms with van der Waals surface area (Å²) >= 11 is 18.4. The van der Waals surface area contributed by atoms with E-state index in [1.165, 1.54) is 12.1 Å². The Morgan fingerprint density at radius 1 is 1.10 bits per heavy atom. The molecule has 2 atom stereocenters. The van der Waals surface area contributed by atoms with E-state index in [0.29, 0.717) is 23.2 Å². The monoisotopic (exact) mass is 499 g/mol. The summed E-state index contributed by atoms with van der Waals surface area (Å²) in [5.74, 6) is 0. The number of halogens is 7. The highest BCUT2D eigenvalue weighted by Crippen LogP contribution is 2.57. The molecule has 29 heavy (non-hydrogen) atoms. The van der Waals surface area contributed by atoms with Gasteiger partial charge in [-0.1, -0.05) is 46.9 Å². The molecule has 2 aliphatic rings. The summed E-state index contributed by atoms with van der Waals surface area (Å²) in [5, 5.41) is -0.00905. The van der Waals surface area contributed by atoms with Crippen LogP contribution >= 0.6 is 46.8 Å². The van der Waals surface area contributed by atoms with Crippen LogP contribution in [0.4, 0.5) is 13.2 Å². The summed E-state index contributed by atoms with van der Waals surface area (Å²) in [5.41, 5.74) is 9.16. The van der Waals surface area contributed by atoms with Gasteiger partial charge in [-0.05, 0) is 65.2 Å². The van der Waals surface area contributed by atoms with Crippen molar-refractivity contribution in [3.63, 3.8) is 0 Å². The maximum atomic E-state index is 14.2. The summed E-state index contributed by atoms with van der Waals surface area (Å²) in [7, 11) is 0. The fourth-order valence-corrected chi connectivity index (χ4v) is 5.24. The molecule has 156 valence electrons. The van der Waals surface area contributed by atoms with Crippen molar-refractivity contribution in [3.8, 4) is 0 Å². The van der Waals surface area contributed by atoms with E-state index >= 15 is 0 Å². The minimum absolute atomic E-state index is 0. The highest BCUT2D eigenvalue weighted by molar-refractivity contribution is 7.99. The van der Waals surface area contributed by atoms with E-state index < -0.39 is 10.9 Å². The predicted molar refractivity (Wildman–Crippen MR) is 110 cm³/mol. The zero-order valence-electron chi connectivity index (χ0n) is 14.7. The molecule has 10 heteroatoms. The van der Waals surface area contributed by atoms with Crippen molar-refractivity contribution in [2.75, 3.05) is 0 Å². The molecule has 1 aliphatic heterocycles. The van der Waals surface area contributed by atoms with Crippen molar-refractivity contribution >= 4 is 52.5 Å². The molecular weight excluding hydrogens is 487 g/mol. The molecule has 0 amide bonds. The highest BCUT2D eigenvalue weighted by Gasteiger charge is 2.60. The molecule has 2 nitrogen and oxygen atoms in total. The van der Waals surface area contributed by atoms with Crippen LogP contribution in [0.25, 0.3) is 0 Å². The van der Waals surface area contributed by atoms with Crippen LogP contribution < -0.4 is 18.1 Å². The second kappa shape index (κ2) is 8.13. The van der Waals surface area contributed by atoms with Crippen molar-refractivity contribution in [2.24, 2.45) is 10.1 Å². The molecule has 1 heterocycles. The SMILES string of the molecule is NC1CCc2cc(C3=NSC(c4cc(Cl)c(Cl)c(Cl)c4)(C(F)(F)F)C3)ccc21.[Cl-]. The second-order valence-electron chi connectivity index (χ2n) is 6.94. The largest absolute Gasteiger partial charge is 1.00 e. The Morgan fingerprint density at radius 2 is 1.76 bits per heavy atom. The number of alkyl halides is 3. The van der Waals surface area contributed by atoms with Crippen LogP contribution in [0.5, 0.6) is 0 Å². The van der Waals surface area contributed by atoms with E-state index in [1.54, 1.807) is 6.07 Å². The number of nitrogens with zero attached hydrogens (tertiary/aromatic N) is 1. The molecule has 0 aromatic heterocycles. The van der Waals surface area contributed by atoms with Gasteiger partial charge in [-0.2, -0.15) is 13.2 Å². The van der Waals surface area contributed by atoms with Crippen molar-refractivity contribution in [3.05, 3.63) is 67.7 Å². The summed E-state index contributed by atoms with van der Waals surface area (Å²) in [6, 6.07) is 8.00. The average molecular weight is 501 g/mol. The minimum atomic E-state index is -4.57. The first-order chi connectivity index (χ1) is 13.1. The average Bonchev–Trinajstić information content (AvgIpc) is 3.24. The smallest absolute Gasteiger partial charge is 0.409 e. The number of benzene rings is 2. The molecule has 0 radical (unpaired) electrons. The highest BCUT2D eigenvalue weighted by atomic mass is 35.5. The number of fused-ring (bicyclic) bond motifs is 1. The van der Waals surface area contributed by atoms with Crippen LogP contribution in [-0.2, 0) is 11.2 Å². The van der Waals surface area contributed by atoms with Gasteiger partial charge in [0.25, 0.3) is 0 Å². The molecule has 0 saturated heterocycles. The molecule has 0 bridgehead atoms. The number of nitrogens with two attached hydrogens (primary N) is 1. The molecule has 2 aromatic rings. The lowest BCUT2D eigenvalue weighted by molar-refractivity contribution is -0.159. The van der Waals surface area contributed by atoms with Gasteiger partial charge in [-0.15, -0.1) is 0 Å². The zero-order chi connectivity index (χ0) is 20.3. The number of hydrogen-bond acceptors (Lipinski definition) is 3. The molecule has 0 saturated carbocycles. The topological polar surface area (TPSA) is 38.4 Å². The molecular formula is C19H14Cl4F3N2S-. The lowest BCUT2D eigenvalue weighted by Crippen LogP contribution is -3.00. The van der Waals surface area contributed by atoms with Gasteiger partial charge in [-0.25, -0.2) is 4.40 Å². The van der Waals surface area contributed by atoms with E-state index in [9.17, 15) is 13.2 Å². The maximum Gasteiger partial charge on any atom is 0.409 e. The molecule has 2 N–H and O–H groups in total. The third-order valence-electron chi connectivity index (χ3n) is 5.24. The fourth-order valence-electron chi connectivity index (χ4n) is 3.68. The van der Waals surface area contributed by atoms with Gasteiger partial charge in [0.2, 0.25) is 0 Å². The van der Waals surface area contributed by atoms with E-state index in [0.717, 1.165) is 24.0 Å².